The Morgan fingerprint density at radius 1 is 1.22 bits per heavy atom. The van der Waals surface area contributed by atoms with E-state index < -0.39 is 0 Å². The molecule has 4 heterocycles. The van der Waals surface area contributed by atoms with Crippen LogP contribution in [-0.2, 0) is 17.9 Å². The number of anilines is 1. The van der Waals surface area contributed by atoms with Crippen LogP contribution in [0.4, 0.5) is 5.95 Å². The van der Waals surface area contributed by atoms with Crippen molar-refractivity contribution in [2.24, 2.45) is 5.92 Å². The van der Waals surface area contributed by atoms with Crippen LogP contribution in [-0.4, -0.2) is 62.8 Å². The highest BCUT2D eigenvalue weighted by molar-refractivity contribution is 5.80. The minimum absolute atomic E-state index is 0.0572. The molecular formula is C24H37N7O. The third-order valence-corrected chi connectivity index (χ3v) is 6.74. The van der Waals surface area contributed by atoms with E-state index in [2.05, 4.69) is 39.0 Å². The highest BCUT2D eigenvalue weighted by Crippen LogP contribution is 2.34. The van der Waals surface area contributed by atoms with E-state index in [4.69, 9.17) is 4.98 Å². The van der Waals surface area contributed by atoms with Crippen molar-refractivity contribution in [3.63, 3.8) is 0 Å². The van der Waals surface area contributed by atoms with Crippen molar-refractivity contribution in [2.75, 3.05) is 31.1 Å². The second kappa shape index (κ2) is 9.98. The van der Waals surface area contributed by atoms with E-state index in [0.29, 0.717) is 0 Å². The smallest absolute Gasteiger partial charge is 0.225 e. The van der Waals surface area contributed by atoms with Gasteiger partial charge in [0.15, 0.2) is 0 Å². The molecule has 1 amide bonds. The van der Waals surface area contributed by atoms with Crippen LogP contribution in [0.5, 0.6) is 0 Å². The monoisotopic (exact) mass is 439 g/mol. The van der Waals surface area contributed by atoms with E-state index in [-0.39, 0.29) is 23.8 Å². The topological polar surface area (TPSA) is 79.2 Å². The van der Waals surface area contributed by atoms with Gasteiger partial charge in [0, 0.05) is 68.7 Å². The number of carbonyl (C=O) groups excluding carboxylic acids is 1. The number of carbonyl (C=O) groups is 1. The summed E-state index contributed by atoms with van der Waals surface area (Å²) in [5.74, 6) is 0.861. The zero-order chi connectivity index (χ0) is 22.7. The predicted molar refractivity (Wildman–Crippen MR) is 126 cm³/mol. The first-order valence-electron chi connectivity index (χ1n) is 12.1. The summed E-state index contributed by atoms with van der Waals surface area (Å²) in [6.07, 6.45) is 7.49. The van der Waals surface area contributed by atoms with E-state index >= 15 is 0 Å². The summed E-state index contributed by atoms with van der Waals surface area (Å²) < 4.78 is 2.03. The highest BCUT2D eigenvalue weighted by atomic mass is 16.2. The molecule has 0 spiro atoms. The van der Waals surface area contributed by atoms with Gasteiger partial charge < -0.3 is 10.2 Å². The summed E-state index contributed by atoms with van der Waals surface area (Å²) in [5, 5.41) is 7.63. The minimum Gasteiger partial charge on any atom is -0.354 e. The van der Waals surface area contributed by atoms with Gasteiger partial charge in [-0.2, -0.15) is 5.10 Å². The van der Waals surface area contributed by atoms with Crippen LogP contribution < -0.4 is 10.2 Å². The molecule has 1 N–H and O–H groups in total. The third kappa shape index (κ3) is 4.95. The van der Waals surface area contributed by atoms with Gasteiger partial charge in [-0.15, -0.1) is 0 Å². The van der Waals surface area contributed by atoms with E-state index in [0.717, 1.165) is 50.9 Å². The van der Waals surface area contributed by atoms with Gasteiger partial charge in [-0.3, -0.25) is 14.4 Å². The average Bonchev–Trinajstić information content (AvgIpc) is 3.38. The van der Waals surface area contributed by atoms with Gasteiger partial charge in [0.25, 0.3) is 0 Å². The molecule has 0 aromatic carbocycles. The Bertz CT molecular complexity index is 919. The number of nitrogens with one attached hydrogen (secondary N) is 1. The van der Waals surface area contributed by atoms with Crippen LogP contribution in [0.1, 0.15) is 62.9 Å². The van der Waals surface area contributed by atoms with Crippen molar-refractivity contribution >= 4 is 11.9 Å². The first-order chi connectivity index (χ1) is 15.5. The number of likely N-dealkylation sites (tertiary alicyclic amines) is 1. The molecule has 32 heavy (non-hydrogen) atoms. The molecule has 2 atom stereocenters. The van der Waals surface area contributed by atoms with Crippen LogP contribution in [0.15, 0.2) is 18.5 Å². The summed E-state index contributed by atoms with van der Waals surface area (Å²) >= 11 is 0. The standard InChI is InChI=1S/C24H37N7O/c1-5-31-18(4)19(13-26-31)14-29-15-20(21(16-29)23(32)27-17(2)3)22-9-10-25-24(28-22)30-11-7-6-8-12-30/h9-10,13,17,20-21H,5-8,11-12,14-16H2,1-4H3,(H,27,32)/t20-,21-/m1/s1. The number of piperidine rings is 1. The molecule has 0 saturated carbocycles. The van der Waals surface area contributed by atoms with Gasteiger partial charge in [-0.1, -0.05) is 0 Å². The normalized spacial score (nSPS) is 22.0. The lowest BCUT2D eigenvalue weighted by molar-refractivity contribution is -0.125. The van der Waals surface area contributed by atoms with Crippen molar-refractivity contribution in [1.29, 1.82) is 0 Å². The molecule has 0 bridgehead atoms. The number of hydrogen-bond acceptors (Lipinski definition) is 6. The molecule has 174 valence electrons. The maximum atomic E-state index is 13.1. The van der Waals surface area contributed by atoms with Crippen LogP contribution in [0, 0.1) is 12.8 Å². The molecule has 8 nitrogen and oxygen atoms in total. The molecular weight excluding hydrogens is 402 g/mol. The maximum Gasteiger partial charge on any atom is 0.225 e. The predicted octanol–water partition coefficient (Wildman–Crippen LogP) is 2.73. The fourth-order valence-corrected chi connectivity index (χ4v) is 4.99. The number of aromatic nitrogens is 4. The molecule has 4 rings (SSSR count). The van der Waals surface area contributed by atoms with E-state index in [1.165, 1.54) is 30.5 Å². The van der Waals surface area contributed by atoms with Gasteiger partial charge in [0.05, 0.1) is 17.8 Å². The minimum atomic E-state index is -0.122. The number of aryl methyl sites for hydroxylation is 1. The molecule has 2 fully saturated rings. The number of nitrogens with zero attached hydrogens (tertiary/aromatic N) is 6. The summed E-state index contributed by atoms with van der Waals surface area (Å²) in [4.78, 5) is 27.3. The maximum absolute atomic E-state index is 13.1. The molecule has 0 aliphatic carbocycles. The molecule has 2 aromatic rings. The Morgan fingerprint density at radius 2 is 2.00 bits per heavy atom. The van der Waals surface area contributed by atoms with Gasteiger partial charge in [0.1, 0.15) is 0 Å². The van der Waals surface area contributed by atoms with E-state index in [1.807, 2.05) is 37.0 Å². The van der Waals surface area contributed by atoms with Gasteiger partial charge in [-0.25, -0.2) is 9.97 Å². The van der Waals surface area contributed by atoms with Gasteiger partial charge in [0.2, 0.25) is 11.9 Å². The highest BCUT2D eigenvalue weighted by Gasteiger charge is 2.40. The molecule has 8 heteroatoms. The Morgan fingerprint density at radius 3 is 2.69 bits per heavy atom. The molecule has 2 saturated heterocycles. The lowest BCUT2D eigenvalue weighted by atomic mass is 9.91. The zero-order valence-corrected chi connectivity index (χ0v) is 19.9. The summed E-state index contributed by atoms with van der Waals surface area (Å²) in [7, 11) is 0. The Hall–Kier alpha value is -2.48. The van der Waals surface area contributed by atoms with Gasteiger partial charge in [-0.05, 0) is 53.0 Å². The van der Waals surface area contributed by atoms with Crippen LogP contribution in [0.2, 0.25) is 0 Å². The van der Waals surface area contributed by atoms with Crippen molar-refractivity contribution < 1.29 is 4.79 Å². The third-order valence-electron chi connectivity index (χ3n) is 6.74. The van der Waals surface area contributed by atoms with Crippen molar-refractivity contribution in [1.82, 2.24) is 30.0 Å². The Kier molecular flexibility index (Phi) is 7.08. The molecule has 0 unspecified atom stereocenters. The fraction of sp³-hybridized carbons (Fsp3) is 0.667. The second-order valence-corrected chi connectivity index (χ2v) is 9.47. The molecule has 2 aromatic heterocycles. The molecule has 2 aliphatic rings. The fourth-order valence-electron chi connectivity index (χ4n) is 4.99. The van der Waals surface area contributed by atoms with Crippen molar-refractivity contribution in [2.45, 2.75) is 72.0 Å². The lowest BCUT2D eigenvalue weighted by Gasteiger charge is -2.27. The number of hydrogen-bond donors (Lipinski definition) is 1. The zero-order valence-electron chi connectivity index (χ0n) is 19.9. The summed E-state index contributed by atoms with van der Waals surface area (Å²) in [6.45, 7) is 13.5. The van der Waals surface area contributed by atoms with E-state index in [1.54, 1.807) is 0 Å². The first kappa shape index (κ1) is 22.7. The molecule has 0 radical (unpaired) electrons. The first-order valence-corrected chi connectivity index (χ1v) is 12.1. The number of amides is 1. The van der Waals surface area contributed by atoms with Crippen LogP contribution in [0.25, 0.3) is 0 Å². The quantitative estimate of drug-likeness (QED) is 0.715. The van der Waals surface area contributed by atoms with E-state index in [9.17, 15) is 4.79 Å². The Labute approximate surface area is 191 Å². The second-order valence-electron chi connectivity index (χ2n) is 9.47. The Balaban J connectivity index is 1.56. The van der Waals surface area contributed by atoms with Crippen LogP contribution in [0.3, 0.4) is 0 Å². The van der Waals surface area contributed by atoms with Gasteiger partial charge >= 0.3 is 0 Å². The molecule has 2 aliphatic heterocycles. The van der Waals surface area contributed by atoms with Crippen molar-refractivity contribution in [3.8, 4) is 0 Å². The lowest BCUT2D eigenvalue weighted by Crippen LogP contribution is -2.38. The largest absolute Gasteiger partial charge is 0.354 e. The number of rotatable bonds is 7. The average molecular weight is 440 g/mol. The summed E-state index contributed by atoms with van der Waals surface area (Å²) in [6, 6.07) is 2.12. The van der Waals surface area contributed by atoms with Crippen molar-refractivity contribution in [3.05, 3.63) is 35.4 Å². The summed E-state index contributed by atoms with van der Waals surface area (Å²) in [5.41, 5.74) is 3.41. The SMILES string of the molecule is CCn1ncc(CN2C[C@@H](C(=O)NC(C)C)[C@H](c3ccnc(N4CCCCC4)n3)C2)c1C. The van der Waals surface area contributed by atoms with Crippen LogP contribution >= 0.6 is 0 Å².